The second-order valence-electron chi connectivity index (χ2n) is 3.34. The molecule has 1 aliphatic heterocycles. The van der Waals surface area contributed by atoms with Crippen LogP contribution in [0.1, 0.15) is 0 Å². The Morgan fingerprint density at radius 1 is 1.60 bits per heavy atom. The Morgan fingerprint density at radius 3 is 3.00 bits per heavy atom. The molecule has 0 saturated carbocycles. The minimum Gasteiger partial charge on any atom is -0.471 e. The third kappa shape index (κ3) is 2.39. The number of halogens is 1. The Balaban J connectivity index is 1.79. The summed E-state index contributed by atoms with van der Waals surface area (Å²) in [5, 5.41) is 0. The van der Waals surface area contributed by atoms with Gasteiger partial charge in [0.05, 0.1) is 13.1 Å². The van der Waals surface area contributed by atoms with E-state index in [2.05, 4.69) is 4.98 Å². The van der Waals surface area contributed by atoms with Crippen molar-refractivity contribution in [2.24, 2.45) is 0 Å². The standard InChI is InChI=1S/C10H11ClN2O2/c11-5-10(14)13-6-8(7-13)15-9-3-1-2-4-12-9/h1-4,8H,5-7H2. The van der Waals surface area contributed by atoms with Gasteiger partial charge in [-0.25, -0.2) is 4.98 Å². The van der Waals surface area contributed by atoms with Crippen molar-refractivity contribution in [3.8, 4) is 5.88 Å². The number of aromatic nitrogens is 1. The van der Waals surface area contributed by atoms with E-state index in [0.29, 0.717) is 19.0 Å². The van der Waals surface area contributed by atoms with Crippen molar-refractivity contribution in [2.45, 2.75) is 6.10 Å². The van der Waals surface area contributed by atoms with E-state index in [1.54, 1.807) is 17.2 Å². The zero-order valence-corrected chi connectivity index (χ0v) is 8.85. The predicted octanol–water partition coefficient (Wildman–Crippen LogP) is 0.910. The Bertz CT molecular complexity index is 339. The van der Waals surface area contributed by atoms with Crippen LogP contribution in [0, 0.1) is 0 Å². The van der Waals surface area contributed by atoms with Crippen molar-refractivity contribution < 1.29 is 9.53 Å². The molecule has 1 amide bonds. The van der Waals surface area contributed by atoms with Crippen LogP contribution in [-0.2, 0) is 4.79 Å². The first-order chi connectivity index (χ1) is 7.29. The zero-order chi connectivity index (χ0) is 10.7. The number of carbonyl (C=O) groups is 1. The molecule has 15 heavy (non-hydrogen) atoms. The van der Waals surface area contributed by atoms with Gasteiger partial charge in [0.2, 0.25) is 11.8 Å². The molecule has 1 fully saturated rings. The van der Waals surface area contributed by atoms with Gasteiger partial charge in [-0.15, -0.1) is 11.6 Å². The third-order valence-electron chi connectivity index (χ3n) is 2.24. The summed E-state index contributed by atoms with van der Waals surface area (Å²) in [6.07, 6.45) is 1.72. The molecular weight excluding hydrogens is 216 g/mol. The summed E-state index contributed by atoms with van der Waals surface area (Å²) < 4.78 is 5.53. The van der Waals surface area contributed by atoms with Gasteiger partial charge in [0.1, 0.15) is 12.0 Å². The number of carbonyl (C=O) groups excluding carboxylic acids is 1. The van der Waals surface area contributed by atoms with E-state index < -0.39 is 0 Å². The van der Waals surface area contributed by atoms with Gasteiger partial charge >= 0.3 is 0 Å². The molecule has 0 spiro atoms. The summed E-state index contributed by atoms with van der Waals surface area (Å²) in [5.41, 5.74) is 0. The number of amides is 1. The monoisotopic (exact) mass is 226 g/mol. The molecule has 2 rings (SSSR count). The van der Waals surface area contributed by atoms with E-state index in [9.17, 15) is 4.79 Å². The van der Waals surface area contributed by atoms with E-state index in [1.807, 2.05) is 12.1 Å². The lowest BCUT2D eigenvalue weighted by Gasteiger charge is -2.38. The number of nitrogens with zero attached hydrogens (tertiary/aromatic N) is 2. The Hall–Kier alpha value is -1.29. The van der Waals surface area contributed by atoms with Crippen LogP contribution >= 0.6 is 11.6 Å². The van der Waals surface area contributed by atoms with Gasteiger partial charge in [-0.3, -0.25) is 4.79 Å². The third-order valence-corrected chi connectivity index (χ3v) is 2.47. The van der Waals surface area contributed by atoms with Crippen molar-refractivity contribution in [2.75, 3.05) is 19.0 Å². The SMILES string of the molecule is O=C(CCl)N1CC(Oc2ccccn2)C1. The van der Waals surface area contributed by atoms with Gasteiger partial charge in [0.15, 0.2) is 0 Å². The first-order valence-electron chi connectivity index (χ1n) is 4.71. The molecule has 1 aromatic heterocycles. The lowest BCUT2D eigenvalue weighted by Crippen LogP contribution is -2.56. The highest BCUT2D eigenvalue weighted by Gasteiger charge is 2.31. The molecular formula is C10H11ClN2O2. The van der Waals surface area contributed by atoms with Crippen LogP contribution < -0.4 is 4.74 Å². The van der Waals surface area contributed by atoms with Crippen molar-refractivity contribution in [3.63, 3.8) is 0 Å². The molecule has 0 atom stereocenters. The van der Waals surface area contributed by atoms with Crippen molar-refractivity contribution >= 4 is 17.5 Å². The van der Waals surface area contributed by atoms with Crippen LogP contribution in [0.25, 0.3) is 0 Å². The van der Waals surface area contributed by atoms with Gasteiger partial charge in [-0.1, -0.05) is 6.07 Å². The smallest absolute Gasteiger partial charge is 0.237 e. The lowest BCUT2D eigenvalue weighted by atomic mass is 10.2. The molecule has 0 N–H and O–H groups in total. The molecule has 1 aromatic rings. The summed E-state index contributed by atoms with van der Waals surface area (Å²) in [6.45, 7) is 1.20. The topological polar surface area (TPSA) is 42.4 Å². The van der Waals surface area contributed by atoms with Crippen LogP contribution in [0.15, 0.2) is 24.4 Å². The lowest BCUT2D eigenvalue weighted by molar-refractivity contribution is -0.137. The second-order valence-corrected chi connectivity index (χ2v) is 3.61. The average Bonchev–Trinajstić information content (AvgIpc) is 2.23. The maximum atomic E-state index is 11.1. The fourth-order valence-corrected chi connectivity index (χ4v) is 1.56. The molecule has 5 heteroatoms. The van der Waals surface area contributed by atoms with E-state index in [0.717, 1.165) is 0 Å². The van der Waals surface area contributed by atoms with Crippen molar-refractivity contribution in [1.29, 1.82) is 0 Å². The van der Waals surface area contributed by atoms with Crippen LogP contribution in [0.3, 0.4) is 0 Å². The molecule has 80 valence electrons. The summed E-state index contributed by atoms with van der Waals surface area (Å²) >= 11 is 5.42. The molecule has 2 heterocycles. The van der Waals surface area contributed by atoms with Crippen LogP contribution in [-0.4, -0.2) is 40.9 Å². The summed E-state index contributed by atoms with van der Waals surface area (Å²) in [4.78, 5) is 16.8. The van der Waals surface area contributed by atoms with Crippen molar-refractivity contribution in [1.82, 2.24) is 9.88 Å². The number of hydrogen-bond donors (Lipinski definition) is 0. The molecule has 0 unspecified atom stereocenters. The van der Waals surface area contributed by atoms with Gasteiger partial charge < -0.3 is 9.64 Å². The number of alkyl halides is 1. The Morgan fingerprint density at radius 2 is 2.40 bits per heavy atom. The molecule has 1 aliphatic rings. The zero-order valence-electron chi connectivity index (χ0n) is 8.10. The van der Waals surface area contributed by atoms with Crippen LogP contribution in [0.5, 0.6) is 5.88 Å². The molecule has 0 radical (unpaired) electrons. The molecule has 4 nitrogen and oxygen atoms in total. The minimum absolute atomic E-state index is 0.0380. The maximum absolute atomic E-state index is 11.1. The fraction of sp³-hybridized carbons (Fsp3) is 0.400. The highest BCUT2D eigenvalue weighted by atomic mass is 35.5. The number of rotatable bonds is 3. The molecule has 0 aromatic carbocycles. The van der Waals surface area contributed by atoms with E-state index in [-0.39, 0.29) is 17.9 Å². The average molecular weight is 227 g/mol. The fourth-order valence-electron chi connectivity index (χ4n) is 1.39. The quantitative estimate of drug-likeness (QED) is 0.720. The van der Waals surface area contributed by atoms with Crippen LogP contribution in [0.4, 0.5) is 0 Å². The normalized spacial score (nSPS) is 15.9. The highest BCUT2D eigenvalue weighted by molar-refractivity contribution is 6.27. The maximum Gasteiger partial charge on any atom is 0.237 e. The number of ether oxygens (including phenoxy) is 1. The van der Waals surface area contributed by atoms with E-state index >= 15 is 0 Å². The van der Waals surface area contributed by atoms with Gasteiger partial charge in [0.25, 0.3) is 0 Å². The van der Waals surface area contributed by atoms with Crippen LogP contribution in [0.2, 0.25) is 0 Å². The van der Waals surface area contributed by atoms with E-state index in [4.69, 9.17) is 16.3 Å². The highest BCUT2D eigenvalue weighted by Crippen LogP contribution is 2.15. The minimum atomic E-state index is -0.0439. The van der Waals surface area contributed by atoms with Gasteiger partial charge in [0, 0.05) is 12.3 Å². The Labute approximate surface area is 92.8 Å². The first kappa shape index (κ1) is 10.2. The second kappa shape index (κ2) is 4.49. The number of likely N-dealkylation sites (tertiary alicyclic amines) is 1. The molecule has 1 saturated heterocycles. The summed E-state index contributed by atoms with van der Waals surface area (Å²) in [7, 11) is 0. The van der Waals surface area contributed by atoms with Gasteiger partial charge in [-0.05, 0) is 6.07 Å². The van der Waals surface area contributed by atoms with E-state index in [1.165, 1.54) is 0 Å². The predicted molar refractivity (Wildman–Crippen MR) is 56.0 cm³/mol. The first-order valence-corrected chi connectivity index (χ1v) is 5.24. The Kier molecular flexibility index (Phi) is 3.06. The largest absolute Gasteiger partial charge is 0.471 e. The molecule has 0 aliphatic carbocycles. The summed E-state index contributed by atoms with van der Waals surface area (Å²) in [5.74, 6) is 0.592. The molecule has 0 bridgehead atoms. The summed E-state index contributed by atoms with van der Waals surface area (Å²) in [6, 6.07) is 5.49. The van der Waals surface area contributed by atoms with Gasteiger partial charge in [-0.2, -0.15) is 0 Å². The number of hydrogen-bond acceptors (Lipinski definition) is 3. The van der Waals surface area contributed by atoms with Crippen molar-refractivity contribution in [3.05, 3.63) is 24.4 Å². The number of pyridine rings is 1.